The number of imidazole rings is 1. The molecule has 2 N–H and O–H groups in total. The van der Waals surface area contributed by atoms with Crippen molar-refractivity contribution in [1.29, 1.82) is 0 Å². The molecule has 94 valence electrons. The summed E-state index contributed by atoms with van der Waals surface area (Å²) in [6.45, 7) is 2.16. The van der Waals surface area contributed by atoms with E-state index in [0.29, 0.717) is 13.2 Å². The molecule has 0 atom stereocenters. The molecule has 0 aromatic carbocycles. The topological polar surface area (TPSA) is 55.8 Å². The molecular formula is C11H18N4OS. The SMILES string of the molecule is COCCN(C)c1nc2sccn2c1CCN. The maximum atomic E-state index is 5.67. The van der Waals surface area contributed by atoms with Gasteiger partial charge in [0, 0.05) is 38.7 Å². The van der Waals surface area contributed by atoms with Crippen LogP contribution in [0.3, 0.4) is 0 Å². The van der Waals surface area contributed by atoms with Crippen molar-refractivity contribution in [2.24, 2.45) is 5.73 Å². The Hall–Kier alpha value is -1.11. The van der Waals surface area contributed by atoms with Crippen LogP contribution in [-0.4, -0.2) is 43.2 Å². The Bertz CT molecular complexity index is 479. The molecule has 17 heavy (non-hydrogen) atoms. The van der Waals surface area contributed by atoms with Gasteiger partial charge >= 0.3 is 0 Å². The normalized spacial score (nSPS) is 11.2. The second kappa shape index (κ2) is 5.48. The Labute approximate surface area is 105 Å². The summed E-state index contributed by atoms with van der Waals surface area (Å²) < 4.78 is 7.21. The van der Waals surface area contributed by atoms with E-state index < -0.39 is 0 Å². The third-order valence-corrected chi connectivity index (χ3v) is 3.47. The van der Waals surface area contributed by atoms with E-state index in [9.17, 15) is 0 Å². The lowest BCUT2D eigenvalue weighted by Crippen LogP contribution is -2.24. The number of nitrogens with zero attached hydrogens (tertiary/aromatic N) is 3. The zero-order valence-electron chi connectivity index (χ0n) is 10.2. The number of rotatable bonds is 6. The molecular weight excluding hydrogens is 236 g/mol. The van der Waals surface area contributed by atoms with Crippen LogP contribution in [0.4, 0.5) is 5.82 Å². The fraction of sp³-hybridized carbons (Fsp3) is 0.545. The Morgan fingerprint density at radius 1 is 1.59 bits per heavy atom. The number of anilines is 1. The average molecular weight is 254 g/mol. The fourth-order valence-corrected chi connectivity index (χ4v) is 2.56. The van der Waals surface area contributed by atoms with Gasteiger partial charge < -0.3 is 15.4 Å². The number of methoxy groups -OCH3 is 1. The van der Waals surface area contributed by atoms with Gasteiger partial charge in [0.05, 0.1) is 12.3 Å². The Morgan fingerprint density at radius 2 is 2.41 bits per heavy atom. The second-order valence-electron chi connectivity index (χ2n) is 3.89. The minimum atomic E-state index is 0.634. The number of thiazole rings is 1. The lowest BCUT2D eigenvalue weighted by atomic mass is 10.3. The quantitative estimate of drug-likeness (QED) is 0.835. The van der Waals surface area contributed by atoms with Crippen molar-refractivity contribution in [3.8, 4) is 0 Å². The van der Waals surface area contributed by atoms with Gasteiger partial charge in [0.25, 0.3) is 0 Å². The van der Waals surface area contributed by atoms with Crippen LogP contribution in [-0.2, 0) is 11.2 Å². The summed E-state index contributed by atoms with van der Waals surface area (Å²) in [7, 11) is 3.74. The van der Waals surface area contributed by atoms with E-state index >= 15 is 0 Å². The van der Waals surface area contributed by atoms with E-state index in [0.717, 1.165) is 23.7 Å². The molecule has 0 aliphatic carbocycles. The fourth-order valence-electron chi connectivity index (χ4n) is 1.83. The first kappa shape index (κ1) is 12.3. The van der Waals surface area contributed by atoms with Crippen molar-refractivity contribution in [1.82, 2.24) is 9.38 Å². The number of aromatic nitrogens is 2. The van der Waals surface area contributed by atoms with Crippen LogP contribution in [0.1, 0.15) is 5.69 Å². The second-order valence-corrected chi connectivity index (χ2v) is 4.76. The van der Waals surface area contributed by atoms with Gasteiger partial charge in [-0.15, -0.1) is 11.3 Å². The highest BCUT2D eigenvalue weighted by Crippen LogP contribution is 2.24. The molecule has 0 amide bonds. The standard InChI is InChI=1S/C11H18N4OS/c1-14(5-7-16-2)10-9(3-4-12)15-6-8-17-11(15)13-10/h6,8H,3-5,7,12H2,1-2H3. The third kappa shape index (κ3) is 2.43. The Morgan fingerprint density at radius 3 is 3.12 bits per heavy atom. The summed E-state index contributed by atoms with van der Waals surface area (Å²) in [6.07, 6.45) is 2.89. The van der Waals surface area contributed by atoms with Crippen LogP contribution >= 0.6 is 11.3 Å². The molecule has 0 aliphatic heterocycles. The Kier molecular flexibility index (Phi) is 3.98. The van der Waals surface area contributed by atoms with Crippen LogP contribution in [0.2, 0.25) is 0 Å². The van der Waals surface area contributed by atoms with Gasteiger partial charge in [0.1, 0.15) is 0 Å². The number of ether oxygens (including phenoxy) is 1. The van der Waals surface area contributed by atoms with Crippen LogP contribution in [0, 0.1) is 0 Å². The van der Waals surface area contributed by atoms with E-state index in [4.69, 9.17) is 10.5 Å². The molecule has 2 aromatic heterocycles. The summed E-state index contributed by atoms with van der Waals surface area (Å²) in [5.41, 5.74) is 6.85. The van der Waals surface area contributed by atoms with Crippen molar-refractivity contribution >= 4 is 22.1 Å². The lowest BCUT2D eigenvalue weighted by Gasteiger charge is -2.17. The average Bonchev–Trinajstić information content (AvgIpc) is 2.89. The van der Waals surface area contributed by atoms with Crippen molar-refractivity contribution in [2.75, 3.05) is 38.8 Å². The minimum absolute atomic E-state index is 0.634. The number of nitrogens with two attached hydrogens (primary N) is 1. The molecule has 0 aliphatic rings. The van der Waals surface area contributed by atoms with Crippen molar-refractivity contribution in [2.45, 2.75) is 6.42 Å². The molecule has 0 saturated carbocycles. The third-order valence-electron chi connectivity index (χ3n) is 2.71. The van der Waals surface area contributed by atoms with Gasteiger partial charge in [-0.1, -0.05) is 0 Å². The first-order valence-corrected chi connectivity index (χ1v) is 6.50. The number of fused-ring (bicyclic) bond motifs is 1. The van der Waals surface area contributed by atoms with Gasteiger partial charge in [0.2, 0.25) is 0 Å². The molecule has 0 spiro atoms. The predicted molar refractivity (Wildman–Crippen MR) is 71.0 cm³/mol. The van der Waals surface area contributed by atoms with Gasteiger partial charge in [-0.25, -0.2) is 4.98 Å². The summed E-state index contributed by atoms with van der Waals surface area (Å²) in [4.78, 5) is 7.78. The summed E-state index contributed by atoms with van der Waals surface area (Å²) in [5, 5.41) is 2.04. The molecule has 2 aromatic rings. The number of hydrogen-bond acceptors (Lipinski definition) is 5. The molecule has 0 bridgehead atoms. The van der Waals surface area contributed by atoms with Gasteiger partial charge in [-0.05, 0) is 6.54 Å². The zero-order valence-corrected chi connectivity index (χ0v) is 11.0. The van der Waals surface area contributed by atoms with E-state index in [2.05, 4.69) is 14.3 Å². The van der Waals surface area contributed by atoms with Crippen LogP contribution in [0.5, 0.6) is 0 Å². The van der Waals surface area contributed by atoms with Crippen molar-refractivity contribution in [3.63, 3.8) is 0 Å². The van der Waals surface area contributed by atoms with Crippen LogP contribution in [0.25, 0.3) is 4.96 Å². The molecule has 5 nitrogen and oxygen atoms in total. The summed E-state index contributed by atoms with van der Waals surface area (Å²) >= 11 is 1.64. The zero-order chi connectivity index (χ0) is 12.3. The summed E-state index contributed by atoms with van der Waals surface area (Å²) in [5.74, 6) is 1.01. The maximum absolute atomic E-state index is 5.67. The largest absolute Gasteiger partial charge is 0.383 e. The number of hydrogen-bond donors (Lipinski definition) is 1. The smallest absolute Gasteiger partial charge is 0.195 e. The predicted octanol–water partition coefficient (Wildman–Crippen LogP) is 0.980. The Balaban J connectivity index is 2.30. The molecule has 2 rings (SSSR count). The number of likely N-dealkylation sites (N-methyl/N-ethyl adjacent to an activating group) is 1. The van der Waals surface area contributed by atoms with Gasteiger partial charge in [-0.2, -0.15) is 0 Å². The van der Waals surface area contributed by atoms with Crippen LogP contribution < -0.4 is 10.6 Å². The molecule has 0 fully saturated rings. The molecule has 2 heterocycles. The van der Waals surface area contributed by atoms with E-state index in [1.54, 1.807) is 18.4 Å². The molecule has 0 unspecified atom stereocenters. The highest BCUT2D eigenvalue weighted by Gasteiger charge is 2.15. The minimum Gasteiger partial charge on any atom is -0.383 e. The van der Waals surface area contributed by atoms with Crippen LogP contribution in [0.15, 0.2) is 11.6 Å². The van der Waals surface area contributed by atoms with Gasteiger partial charge in [-0.3, -0.25) is 4.40 Å². The maximum Gasteiger partial charge on any atom is 0.195 e. The molecule has 0 saturated heterocycles. The van der Waals surface area contributed by atoms with Gasteiger partial charge in [0.15, 0.2) is 10.8 Å². The van der Waals surface area contributed by atoms with E-state index in [-0.39, 0.29) is 0 Å². The van der Waals surface area contributed by atoms with Crippen molar-refractivity contribution < 1.29 is 4.74 Å². The lowest BCUT2D eigenvalue weighted by molar-refractivity contribution is 0.206. The molecule has 0 radical (unpaired) electrons. The monoisotopic (exact) mass is 254 g/mol. The summed E-state index contributed by atoms with van der Waals surface area (Å²) in [6, 6.07) is 0. The molecule has 6 heteroatoms. The van der Waals surface area contributed by atoms with Crippen molar-refractivity contribution in [3.05, 3.63) is 17.3 Å². The first-order chi connectivity index (χ1) is 8.27. The van der Waals surface area contributed by atoms with E-state index in [1.807, 2.05) is 18.6 Å². The highest BCUT2D eigenvalue weighted by molar-refractivity contribution is 7.15. The highest BCUT2D eigenvalue weighted by atomic mass is 32.1. The van der Waals surface area contributed by atoms with E-state index in [1.165, 1.54) is 5.69 Å². The first-order valence-electron chi connectivity index (χ1n) is 5.62.